The van der Waals surface area contributed by atoms with Crippen LogP contribution >= 0.6 is 0 Å². The number of carboxylic acids is 1. The Morgan fingerprint density at radius 2 is 2.08 bits per heavy atom. The summed E-state index contributed by atoms with van der Waals surface area (Å²) in [5, 5.41) is 18.7. The lowest BCUT2D eigenvalue weighted by molar-refractivity contribution is -0.155. The highest BCUT2D eigenvalue weighted by Crippen LogP contribution is 2.66. The van der Waals surface area contributed by atoms with Crippen LogP contribution in [0.1, 0.15) is 32.6 Å². The standard InChI is InChI=1S/C18H21N3O3/c1-17(16(22)23,12-9-18(10-12)7-8-18)21-19-11-14(20-21)13-5-3-4-6-15(13)24-2/h3-6,11-12H,7-10H2,1-2H3,(H,22,23). The van der Waals surface area contributed by atoms with E-state index in [-0.39, 0.29) is 5.92 Å². The minimum absolute atomic E-state index is 0.0791. The minimum atomic E-state index is -1.10. The van der Waals surface area contributed by atoms with Crippen LogP contribution in [-0.2, 0) is 10.3 Å². The fraction of sp³-hybridized carbons (Fsp3) is 0.500. The average molecular weight is 327 g/mol. The van der Waals surface area contributed by atoms with Gasteiger partial charge in [-0.25, -0.2) is 4.79 Å². The van der Waals surface area contributed by atoms with Crippen LogP contribution in [-0.4, -0.2) is 33.2 Å². The van der Waals surface area contributed by atoms with Gasteiger partial charge in [0.15, 0.2) is 5.54 Å². The molecule has 2 aromatic rings. The molecule has 126 valence electrons. The van der Waals surface area contributed by atoms with Gasteiger partial charge in [-0.3, -0.25) is 0 Å². The van der Waals surface area contributed by atoms with Crippen LogP contribution < -0.4 is 4.74 Å². The number of nitrogens with zero attached hydrogens (tertiary/aromatic N) is 3. The number of rotatable bonds is 5. The monoisotopic (exact) mass is 327 g/mol. The largest absolute Gasteiger partial charge is 0.496 e. The highest BCUT2D eigenvalue weighted by atomic mass is 16.5. The molecular weight excluding hydrogens is 306 g/mol. The maximum absolute atomic E-state index is 12.0. The second-order valence-electron chi connectivity index (χ2n) is 7.28. The first-order valence-corrected chi connectivity index (χ1v) is 8.28. The van der Waals surface area contributed by atoms with E-state index in [4.69, 9.17) is 4.74 Å². The zero-order valence-corrected chi connectivity index (χ0v) is 13.9. The molecule has 1 atom stereocenters. The highest BCUT2D eigenvalue weighted by Gasteiger charge is 2.61. The molecular formula is C18H21N3O3. The van der Waals surface area contributed by atoms with Crippen LogP contribution in [0.3, 0.4) is 0 Å². The lowest BCUT2D eigenvalue weighted by Gasteiger charge is -2.44. The lowest BCUT2D eigenvalue weighted by Crippen LogP contribution is -2.52. The first-order chi connectivity index (χ1) is 11.5. The molecule has 1 heterocycles. The Hall–Kier alpha value is -2.37. The second-order valence-corrected chi connectivity index (χ2v) is 7.28. The molecule has 2 fully saturated rings. The van der Waals surface area contributed by atoms with Crippen molar-refractivity contribution in [2.45, 2.75) is 38.1 Å². The predicted molar refractivity (Wildman–Crippen MR) is 87.7 cm³/mol. The molecule has 6 heteroatoms. The summed E-state index contributed by atoms with van der Waals surface area (Å²) in [4.78, 5) is 13.4. The Bertz CT molecular complexity index is 788. The van der Waals surface area contributed by atoms with Gasteiger partial charge in [0.1, 0.15) is 11.4 Å². The molecule has 0 aliphatic heterocycles. The molecule has 2 saturated carbocycles. The average Bonchev–Trinajstić information content (AvgIpc) is 3.21. The lowest BCUT2D eigenvalue weighted by atomic mass is 9.63. The van der Waals surface area contributed by atoms with Crippen LogP contribution in [0.5, 0.6) is 5.75 Å². The number of hydrogen-bond acceptors (Lipinski definition) is 4. The van der Waals surface area contributed by atoms with E-state index in [1.54, 1.807) is 20.2 Å². The fourth-order valence-electron chi connectivity index (χ4n) is 3.86. The Balaban J connectivity index is 1.68. The number of aliphatic carboxylic acids is 1. The number of ether oxygens (including phenoxy) is 1. The van der Waals surface area contributed by atoms with Crippen LogP contribution in [0, 0.1) is 11.3 Å². The zero-order chi connectivity index (χ0) is 16.9. The molecule has 6 nitrogen and oxygen atoms in total. The molecule has 0 saturated heterocycles. The fourth-order valence-corrected chi connectivity index (χ4v) is 3.86. The third-order valence-corrected chi connectivity index (χ3v) is 5.83. The zero-order valence-electron chi connectivity index (χ0n) is 13.9. The van der Waals surface area contributed by atoms with Gasteiger partial charge >= 0.3 is 5.97 Å². The summed E-state index contributed by atoms with van der Waals surface area (Å²) >= 11 is 0. The summed E-state index contributed by atoms with van der Waals surface area (Å²) in [6.07, 6.45) is 6.00. The van der Waals surface area contributed by atoms with E-state index in [2.05, 4.69) is 10.2 Å². The van der Waals surface area contributed by atoms with E-state index in [0.29, 0.717) is 16.9 Å². The molecule has 1 aromatic carbocycles. The van der Waals surface area contributed by atoms with Crippen molar-refractivity contribution in [3.05, 3.63) is 30.5 Å². The van der Waals surface area contributed by atoms with Crippen molar-refractivity contribution in [3.63, 3.8) is 0 Å². The van der Waals surface area contributed by atoms with Crippen LogP contribution in [0.2, 0.25) is 0 Å². The smallest absolute Gasteiger partial charge is 0.333 e. The topological polar surface area (TPSA) is 77.2 Å². The predicted octanol–water partition coefficient (Wildman–Crippen LogP) is 2.94. The summed E-state index contributed by atoms with van der Waals surface area (Å²) in [5.74, 6) is -0.0947. The van der Waals surface area contributed by atoms with Gasteiger partial charge in [-0.2, -0.15) is 15.0 Å². The van der Waals surface area contributed by atoms with Gasteiger partial charge in [-0.05, 0) is 56.1 Å². The third kappa shape index (κ3) is 2.12. The highest BCUT2D eigenvalue weighted by molar-refractivity contribution is 5.77. The molecule has 0 amide bonds. The van der Waals surface area contributed by atoms with E-state index in [1.165, 1.54) is 17.6 Å². The number of methoxy groups -OCH3 is 1. The number of aromatic nitrogens is 3. The quantitative estimate of drug-likeness (QED) is 0.913. The van der Waals surface area contributed by atoms with Crippen molar-refractivity contribution < 1.29 is 14.6 Å². The summed E-state index contributed by atoms with van der Waals surface area (Å²) in [5.41, 5.74) is 0.764. The Labute approximate surface area is 140 Å². The molecule has 2 aliphatic carbocycles. The maximum atomic E-state index is 12.0. The first kappa shape index (κ1) is 15.2. The number of hydrogen-bond donors (Lipinski definition) is 1. The van der Waals surface area contributed by atoms with Gasteiger partial charge in [0.05, 0.1) is 13.3 Å². The van der Waals surface area contributed by atoms with Crippen molar-refractivity contribution >= 4 is 5.97 Å². The molecule has 1 spiro atoms. The Morgan fingerprint density at radius 3 is 2.71 bits per heavy atom. The normalized spacial score (nSPS) is 21.1. The Kier molecular flexibility index (Phi) is 3.20. The molecule has 1 unspecified atom stereocenters. The van der Waals surface area contributed by atoms with Gasteiger partial charge in [-0.15, -0.1) is 0 Å². The number of para-hydroxylation sites is 1. The molecule has 1 aromatic heterocycles. The van der Waals surface area contributed by atoms with Crippen molar-refractivity contribution in [2.24, 2.45) is 11.3 Å². The van der Waals surface area contributed by atoms with Gasteiger partial charge in [0.2, 0.25) is 0 Å². The minimum Gasteiger partial charge on any atom is -0.496 e. The van der Waals surface area contributed by atoms with Crippen molar-refractivity contribution in [2.75, 3.05) is 7.11 Å². The molecule has 2 aliphatic rings. The number of carbonyl (C=O) groups is 1. The van der Waals surface area contributed by atoms with Gasteiger partial charge in [0.25, 0.3) is 0 Å². The van der Waals surface area contributed by atoms with Crippen LogP contribution in [0.15, 0.2) is 30.5 Å². The number of benzene rings is 1. The summed E-state index contributed by atoms with van der Waals surface area (Å²) in [6.45, 7) is 1.74. The molecule has 0 radical (unpaired) electrons. The number of carboxylic acid groups (broad SMARTS) is 1. The second kappa shape index (κ2) is 5.06. The summed E-state index contributed by atoms with van der Waals surface area (Å²) in [6, 6.07) is 7.54. The van der Waals surface area contributed by atoms with Gasteiger partial charge in [-0.1, -0.05) is 12.1 Å². The molecule has 0 bridgehead atoms. The van der Waals surface area contributed by atoms with E-state index in [1.807, 2.05) is 24.3 Å². The summed E-state index contributed by atoms with van der Waals surface area (Å²) in [7, 11) is 1.61. The molecule has 4 rings (SSSR count). The van der Waals surface area contributed by atoms with Crippen molar-refractivity contribution in [1.29, 1.82) is 0 Å². The molecule has 1 N–H and O–H groups in total. The SMILES string of the molecule is COc1ccccc1-c1cnn(C(C)(C(=O)O)C2CC3(CC3)C2)n1. The first-order valence-electron chi connectivity index (χ1n) is 8.28. The van der Waals surface area contributed by atoms with E-state index >= 15 is 0 Å². The van der Waals surface area contributed by atoms with E-state index in [0.717, 1.165) is 18.4 Å². The third-order valence-electron chi connectivity index (χ3n) is 5.83. The molecule has 24 heavy (non-hydrogen) atoms. The van der Waals surface area contributed by atoms with Gasteiger partial charge in [0, 0.05) is 5.56 Å². The van der Waals surface area contributed by atoms with E-state index in [9.17, 15) is 9.90 Å². The van der Waals surface area contributed by atoms with Gasteiger partial charge < -0.3 is 9.84 Å². The Morgan fingerprint density at radius 1 is 1.38 bits per heavy atom. The van der Waals surface area contributed by atoms with Crippen LogP contribution in [0.25, 0.3) is 11.3 Å². The van der Waals surface area contributed by atoms with Crippen LogP contribution in [0.4, 0.5) is 0 Å². The summed E-state index contributed by atoms with van der Waals surface area (Å²) < 4.78 is 5.36. The maximum Gasteiger partial charge on any atom is 0.333 e. The van der Waals surface area contributed by atoms with Crippen molar-refractivity contribution in [1.82, 2.24) is 15.0 Å². The van der Waals surface area contributed by atoms with E-state index < -0.39 is 11.5 Å². The van der Waals surface area contributed by atoms with Crippen molar-refractivity contribution in [3.8, 4) is 17.0 Å².